The van der Waals surface area contributed by atoms with Crippen LogP contribution in [0.1, 0.15) is 49.8 Å². The summed E-state index contributed by atoms with van der Waals surface area (Å²) in [6.45, 7) is 0.690. The van der Waals surface area contributed by atoms with Gasteiger partial charge in [-0.3, -0.25) is 4.79 Å². The van der Waals surface area contributed by atoms with Gasteiger partial charge in [0.2, 0.25) is 5.91 Å². The van der Waals surface area contributed by atoms with Crippen molar-refractivity contribution in [1.29, 1.82) is 0 Å². The number of phenols is 1. The minimum absolute atomic E-state index is 0.0897. The van der Waals surface area contributed by atoms with Crippen molar-refractivity contribution >= 4 is 29.0 Å². The van der Waals surface area contributed by atoms with Crippen molar-refractivity contribution in [3.8, 4) is 16.2 Å². The average molecular weight is 434 g/mol. The van der Waals surface area contributed by atoms with Gasteiger partial charge in [0.25, 0.3) is 0 Å². The fourth-order valence-electron chi connectivity index (χ4n) is 3.87. The zero-order valence-corrected chi connectivity index (χ0v) is 18.0. The first-order valence-electron chi connectivity index (χ1n) is 10.2. The van der Waals surface area contributed by atoms with Crippen molar-refractivity contribution in [3.63, 3.8) is 0 Å². The van der Waals surface area contributed by atoms with Crippen LogP contribution in [0.4, 0.5) is 0 Å². The number of thiophene rings is 1. The summed E-state index contributed by atoms with van der Waals surface area (Å²) in [7, 11) is 0. The third-order valence-electron chi connectivity index (χ3n) is 5.45. The smallest absolute Gasteiger partial charge is 0.245 e. The zero-order chi connectivity index (χ0) is 20.1. The lowest BCUT2D eigenvalue weighted by Gasteiger charge is -2.35. The van der Waals surface area contributed by atoms with Crippen molar-refractivity contribution in [3.05, 3.63) is 41.3 Å². The molecule has 0 bridgehead atoms. The Morgan fingerprint density at radius 1 is 1.17 bits per heavy atom. The second kappa shape index (κ2) is 9.51. The van der Waals surface area contributed by atoms with E-state index < -0.39 is 0 Å². The van der Waals surface area contributed by atoms with Gasteiger partial charge in [0.1, 0.15) is 5.75 Å². The summed E-state index contributed by atoms with van der Waals surface area (Å²) in [5.74, 6) is 1.24. The van der Waals surface area contributed by atoms with Gasteiger partial charge < -0.3 is 9.84 Å². The Hall–Kier alpha value is -1.54. The van der Waals surface area contributed by atoms with E-state index in [1.54, 1.807) is 23.5 Å². The summed E-state index contributed by atoms with van der Waals surface area (Å²) in [5.41, 5.74) is 3.72. The molecule has 4 rings (SSSR count). The summed E-state index contributed by atoms with van der Waals surface area (Å²) in [4.78, 5) is 20.6. The van der Waals surface area contributed by atoms with Crippen molar-refractivity contribution < 1.29 is 19.5 Å². The van der Waals surface area contributed by atoms with Crippen molar-refractivity contribution in [1.82, 2.24) is 5.48 Å². The highest BCUT2D eigenvalue weighted by Gasteiger charge is 2.38. The molecule has 0 aliphatic carbocycles. The molecule has 1 unspecified atom stereocenters. The molecule has 2 fully saturated rings. The molecule has 2 aromatic rings. The van der Waals surface area contributed by atoms with Crippen LogP contribution in [0.2, 0.25) is 0 Å². The summed E-state index contributed by atoms with van der Waals surface area (Å²) >= 11 is 3.62. The number of carbonyl (C=O) groups excluding carboxylic acids is 1. The van der Waals surface area contributed by atoms with Gasteiger partial charge >= 0.3 is 0 Å². The van der Waals surface area contributed by atoms with Crippen LogP contribution in [0.5, 0.6) is 5.75 Å². The lowest BCUT2D eigenvalue weighted by atomic mass is 9.94. The Balaban J connectivity index is 1.46. The van der Waals surface area contributed by atoms with Gasteiger partial charge in [-0.1, -0.05) is 6.42 Å². The monoisotopic (exact) mass is 433 g/mol. The number of phenolic OH excluding ortho intramolecular Hbond substituents is 1. The Labute approximate surface area is 179 Å². The van der Waals surface area contributed by atoms with Crippen LogP contribution >= 0.6 is 23.1 Å². The molecule has 1 amide bonds. The van der Waals surface area contributed by atoms with Crippen LogP contribution in [0.25, 0.3) is 10.4 Å². The second-order valence-corrected chi connectivity index (χ2v) is 10.2. The molecular formula is C22H27NO4S2. The molecule has 2 atom stereocenters. The molecule has 5 nitrogen and oxygen atoms in total. The van der Waals surface area contributed by atoms with Gasteiger partial charge in [0.15, 0.2) is 6.29 Å². The maximum absolute atomic E-state index is 12.7. The number of hydroxylamine groups is 1. The average Bonchev–Trinajstić information content (AvgIpc) is 3.25. The minimum Gasteiger partial charge on any atom is -0.508 e. The van der Waals surface area contributed by atoms with E-state index in [-0.39, 0.29) is 22.7 Å². The number of nitrogens with one attached hydrogen (secondary N) is 1. The van der Waals surface area contributed by atoms with Crippen molar-refractivity contribution in [2.24, 2.45) is 0 Å². The Bertz CT molecular complexity index is 808. The molecule has 7 heteroatoms. The SMILES string of the molecule is O=C(C[C@]1(c2ccc(-c3ccc(O)cc3)s2)CCCCS1)NOC1CCCCO1. The molecule has 29 heavy (non-hydrogen) atoms. The van der Waals surface area contributed by atoms with Crippen LogP contribution in [-0.4, -0.2) is 29.7 Å². The van der Waals surface area contributed by atoms with E-state index in [9.17, 15) is 9.90 Å². The first-order valence-corrected chi connectivity index (χ1v) is 12.0. The standard InChI is InChI=1S/C22H27NO4S2/c24-17-8-6-16(7-9-17)18-10-11-19(29-18)22(12-2-4-14-28-22)15-20(25)23-27-21-5-1-3-13-26-21/h6-11,21,24H,1-5,12-15H2,(H,23,25)/t21?,22-/m0/s1. The number of carbonyl (C=O) groups is 1. The Morgan fingerprint density at radius 3 is 2.76 bits per heavy atom. The molecule has 2 N–H and O–H groups in total. The van der Waals surface area contributed by atoms with Gasteiger partial charge in [-0.25, -0.2) is 10.3 Å². The van der Waals surface area contributed by atoms with Gasteiger partial charge in [-0.2, -0.15) is 0 Å². The third-order valence-corrected chi connectivity index (χ3v) is 8.53. The maximum Gasteiger partial charge on any atom is 0.245 e. The predicted molar refractivity (Wildman–Crippen MR) is 117 cm³/mol. The van der Waals surface area contributed by atoms with E-state index in [4.69, 9.17) is 9.57 Å². The number of hydrogen-bond acceptors (Lipinski definition) is 6. The van der Waals surface area contributed by atoms with E-state index in [1.807, 2.05) is 23.9 Å². The normalized spacial score (nSPS) is 24.9. The van der Waals surface area contributed by atoms with Crippen LogP contribution in [0.3, 0.4) is 0 Å². The summed E-state index contributed by atoms with van der Waals surface area (Å²) < 4.78 is 5.32. The number of aromatic hydroxyl groups is 1. The maximum atomic E-state index is 12.7. The highest BCUT2D eigenvalue weighted by molar-refractivity contribution is 8.00. The molecular weight excluding hydrogens is 406 g/mol. The Kier molecular flexibility index (Phi) is 6.80. The molecule has 0 radical (unpaired) electrons. The number of hydrogen-bond donors (Lipinski definition) is 2. The molecule has 0 spiro atoms. The zero-order valence-electron chi connectivity index (χ0n) is 16.4. The number of thioether (sulfide) groups is 1. The topological polar surface area (TPSA) is 67.8 Å². The van der Waals surface area contributed by atoms with Gasteiger partial charge in [-0.15, -0.1) is 23.1 Å². The molecule has 156 valence electrons. The van der Waals surface area contributed by atoms with Gasteiger partial charge in [0, 0.05) is 29.2 Å². The highest BCUT2D eigenvalue weighted by atomic mass is 32.2. The fraction of sp³-hybridized carbons (Fsp3) is 0.500. The van der Waals surface area contributed by atoms with Crippen molar-refractivity contribution in [2.75, 3.05) is 12.4 Å². The lowest BCUT2D eigenvalue weighted by molar-refractivity contribution is -0.200. The quantitative estimate of drug-likeness (QED) is 0.613. The minimum atomic E-state index is -0.328. The fourth-order valence-corrected chi connectivity index (χ4v) is 6.76. The molecule has 0 saturated carbocycles. The molecule has 1 aromatic heterocycles. The number of ether oxygens (including phenoxy) is 1. The van der Waals surface area contributed by atoms with E-state index in [2.05, 4.69) is 17.6 Å². The largest absolute Gasteiger partial charge is 0.508 e. The van der Waals surface area contributed by atoms with Crippen LogP contribution in [-0.2, 0) is 19.1 Å². The first kappa shape index (κ1) is 20.7. The molecule has 2 aliphatic heterocycles. The summed E-state index contributed by atoms with van der Waals surface area (Å²) in [6, 6.07) is 11.5. The molecule has 2 saturated heterocycles. The van der Waals surface area contributed by atoms with Crippen LogP contribution in [0.15, 0.2) is 36.4 Å². The molecule has 3 heterocycles. The van der Waals surface area contributed by atoms with Crippen molar-refractivity contribution in [2.45, 2.75) is 56.0 Å². The van der Waals surface area contributed by atoms with E-state index >= 15 is 0 Å². The van der Waals surface area contributed by atoms with Crippen LogP contribution < -0.4 is 5.48 Å². The molecule has 2 aliphatic rings. The third kappa shape index (κ3) is 5.15. The number of benzene rings is 1. The summed E-state index contributed by atoms with van der Waals surface area (Å²) in [6.07, 6.45) is 6.31. The van der Waals surface area contributed by atoms with E-state index in [1.165, 1.54) is 11.3 Å². The number of rotatable bonds is 6. The lowest BCUT2D eigenvalue weighted by Crippen LogP contribution is -2.37. The summed E-state index contributed by atoms with van der Waals surface area (Å²) in [5, 5.41) is 9.53. The van der Waals surface area contributed by atoms with E-state index in [0.29, 0.717) is 13.0 Å². The van der Waals surface area contributed by atoms with E-state index in [0.717, 1.165) is 48.3 Å². The van der Waals surface area contributed by atoms with Gasteiger partial charge in [-0.05, 0) is 73.4 Å². The predicted octanol–water partition coefficient (Wildman–Crippen LogP) is 5.20. The highest BCUT2D eigenvalue weighted by Crippen LogP contribution is 2.50. The Morgan fingerprint density at radius 2 is 2.03 bits per heavy atom. The second-order valence-electron chi connectivity index (χ2n) is 7.63. The van der Waals surface area contributed by atoms with Crippen LogP contribution in [0, 0.1) is 0 Å². The van der Waals surface area contributed by atoms with Gasteiger partial charge in [0.05, 0.1) is 4.75 Å². The molecule has 1 aromatic carbocycles. The first-order chi connectivity index (χ1) is 14.1. The number of amides is 1.